The Kier molecular flexibility index (Phi) is 10.9. The van der Waals surface area contributed by atoms with Gasteiger partial charge in [0.05, 0.1) is 12.7 Å². The zero-order chi connectivity index (χ0) is 5.70. The maximum absolute atomic E-state index is 8.40. The van der Waals surface area contributed by atoms with Gasteiger partial charge in [0.25, 0.3) is 0 Å². The van der Waals surface area contributed by atoms with Gasteiger partial charge in [-0.25, -0.2) is 0 Å². The fraction of sp³-hybridized carbons (Fsp3) is 1.00. The number of aliphatic hydroxyl groups is 1. The summed E-state index contributed by atoms with van der Waals surface area (Å²) in [5, 5.41) is 8.40. The molecule has 50 valence electrons. The van der Waals surface area contributed by atoms with E-state index >= 15 is 0 Å². The molecule has 0 saturated heterocycles. The van der Waals surface area contributed by atoms with Crippen LogP contribution in [0.1, 0.15) is 13.3 Å². The molecule has 0 fully saturated rings. The Morgan fingerprint density at radius 2 is 2.12 bits per heavy atom. The van der Waals surface area contributed by atoms with Crippen molar-refractivity contribution in [1.29, 1.82) is 0 Å². The van der Waals surface area contributed by atoms with Crippen LogP contribution in [0, 0.1) is 0 Å². The second kappa shape index (κ2) is 7.61. The first-order chi connectivity index (χ1) is 3.35. The summed E-state index contributed by atoms with van der Waals surface area (Å²) in [5.74, 6) is 0. The van der Waals surface area contributed by atoms with Crippen LogP contribution in [0.25, 0.3) is 0 Å². The molecule has 0 aromatic rings. The van der Waals surface area contributed by atoms with E-state index < -0.39 is 0 Å². The van der Waals surface area contributed by atoms with Crippen LogP contribution in [0.3, 0.4) is 0 Å². The summed E-state index contributed by atoms with van der Waals surface area (Å²) in [5.41, 5.74) is 0. The van der Waals surface area contributed by atoms with Crippen molar-refractivity contribution in [2.45, 2.75) is 19.4 Å². The molecule has 2 nitrogen and oxygen atoms in total. The third-order valence-corrected chi connectivity index (χ3v) is 0.992. The zero-order valence-corrected chi connectivity index (χ0v) is 8.19. The van der Waals surface area contributed by atoms with Gasteiger partial charge in [-0.1, -0.05) is 6.92 Å². The van der Waals surface area contributed by atoms with E-state index in [4.69, 9.17) is 9.84 Å². The van der Waals surface area contributed by atoms with Gasteiger partial charge in [0.15, 0.2) is 0 Å². The SMILES string of the molecule is CCC(CO)OC.[W]. The minimum absolute atomic E-state index is 0. The maximum atomic E-state index is 8.40. The summed E-state index contributed by atoms with van der Waals surface area (Å²) in [7, 11) is 1.60. The van der Waals surface area contributed by atoms with Crippen molar-refractivity contribution < 1.29 is 30.9 Å². The Morgan fingerprint density at radius 3 is 2.12 bits per heavy atom. The zero-order valence-electron chi connectivity index (χ0n) is 5.26. The monoisotopic (exact) mass is 288 g/mol. The molecule has 0 aromatic carbocycles. The van der Waals surface area contributed by atoms with E-state index in [1.54, 1.807) is 7.11 Å². The molecule has 0 aliphatic heterocycles. The van der Waals surface area contributed by atoms with Gasteiger partial charge in [0.2, 0.25) is 0 Å². The summed E-state index contributed by atoms with van der Waals surface area (Å²) in [6.45, 7) is 2.11. The van der Waals surface area contributed by atoms with E-state index in [-0.39, 0.29) is 33.8 Å². The van der Waals surface area contributed by atoms with E-state index in [1.165, 1.54) is 0 Å². The second-order valence-corrected chi connectivity index (χ2v) is 1.45. The quantitative estimate of drug-likeness (QED) is 0.814. The van der Waals surface area contributed by atoms with Crippen LogP contribution >= 0.6 is 0 Å². The predicted molar refractivity (Wildman–Crippen MR) is 28.2 cm³/mol. The number of ether oxygens (including phenoxy) is 1. The Balaban J connectivity index is 0. The van der Waals surface area contributed by atoms with Crippen LogP contribution in [-0.4, -0.2) is 24.9 Å². The fourth-order valence-electron chi connectivity index (χ4n) is 0.370. The molecule has 0 rings (SSSR count). The van der Waals surface area contributed by atoms with E-state index in [0.717, 1.165) is 6.42 Å². The van der Waals surface area contributed by atoms with Crippen molar-refractivity contribution in [1.82, 2.24) is 0 Å². The van der Waals surface area contributed by atoms with Crippen LogP contribution < -0.4 is 0 Å². The van der Waals surface area contributed by atoms with Gasteiger partial charge in [-0.05, 0) is 6.42 Å². The molecule has 0 bridgehead atoms. The third-order valence-electron chi connectivity index (χ3n) is 0.992. The van der Waals surface area contributed by atoms with Gasteiger partial charge in [-0.2, -0.15) is 0 Å². The van der Waals surface area contributed by atoms with Crippen LogP contribution in [0.5, 0.6) is 0 Å². The molecule has 0 aliphatic rings. The Bertz CT molecular complexity index is 31.9. The van der Waals surface area contributed by atoms with Gasteiger partial charge in [-0.3, -0.25) is 0 Å². The van der Waals surface area contributed by atoms with Gasteiger partial charge in [0, 0.05) is 28.2 Å². The van der Waals surface area contributed by atoms with E-state index in [0.29, 0.717) is 0 Å². The van der Waals surface area contributed by atoms with E-state index in [2.05, 4.69) is 0 Å². The number of methoxy groups -OCH3 is 1. The molecular weight excluding hydrogens is 276 g/mol. The molecule has 3 heteroatoms. The molecule has 1 N–H and O–H groups in total. The molecule has 1 atom stereocenters. The predicted octanol–water partition coefficient (Wildman–Crippen LogP) is 0.401. The van der Waals surface area contributed by atoms with Crippen LogP contribution in [-0.2, 0) is 25.8 Å². The minimum atomic E-state index is 0. The molecule has 0 aliphatic carbocycles. The Morgan fingerprint density at radius 1 is 1.62 bits per heavy atom. The molecule has 0 heterocycles. The van der Waals surface area contributed by atoms with Crippen LogP contribution in [0.4, 0.5) is 0 Å². The van der Waals surface area contributed by atoms with Crippen molar-refractivity contribution in [2.75, 3.05) is 13.7 Å². The van der Waals surface area contributed by atoms with E-state index in [1.807, 2.05) is 6.92 Å². The number of rotatable bonds is 3. The third kappa shape index (κ3) is 4.76. The van der Waals surface area contributed by atoms with Gasteiger partial charge >= 0.3 is 0 Å². The molecule has 0 amide bonds. The van der Waals surface area contributed by atoms with Crippen molar-refractivity contribution >= 4 is 0 Å². The van der Waals surface area contributed by atoms with Crippen molar-refractivity contribution in [3.05, 3.63) is 0 Å². The summed E-state index contributed by atoms with van der Waals surface area (Å²) in [6, 6.07) is 0. The average Bonchev–Trinajstić information content (AvgIpc) is 1.72. The summed E-state index contributed by atoms with van der Waals surface area (Å²) in [4.78, 5) is 0. The average molecular weight is 288 g/mol. The second-order valence-electron chi connectivity index (χ2n) is 1.45. The summed E-state index contributed by atoms with van der Waals surface area (Å²) in [6.07, 6.45) is 0.924. The first-order valence-corrected chi connectivity index (χ1v) is 2.48. The Labute approximate surface area is 64.5 Å². The number of aliphatic hydroxyl groups excluding tert-OH is 1. The molecular formula is C5H12O2W. The van der Waals surface area contributed by atoms with Gasteiger partial charge < -0.3 is 9.84 Å². The molecule has 0 aromatic heterocycles. The molecule has 0 radical (unpaired) electrons. The summed E-state index contributed by atoms with van der Waals surface area (Å²) < 4.78 is 4.80. The number of hydrogen-bond acceptors (Lipinski definition) is 2. The topological polar surface area (TPSA) is 29.5 Å². The minimum Gasteiger partial charge on any atom is -0.394 e. The van der Waals surface area contributed by atoms with Crippen molar-refractivity contribution in [2.24, 2.45) is 0 Å². The largest absolute Gasteiger partial charge is 0.394 e. The fourth-order valence-corrected chi connectivity index (χ4v) is 0.370. The Hall–Kier alpha value is 0.608. The molecule has 1 unspecified atom stereocenters. The van der Waals surface area contributed by atoms with Crippen LogP contribution in [0.15, 0.2) is 0 Å². The molecule has 0 spiro atoms. The normalized spacial score (nSPS) is 12.4. The molecule has 8 heavy (non-hydrogen) atoms. The smallest absolute Gasteiger partial charge is 0.0799 e. The first kappa shape index (κ1) is 11.4. The number of hydrogen-bond donors (Lipinski definition) is 1. The van der Waals surface area contributed by atoms with Crippen molar-refractivity contribution in [3.63, 3.8) is 0 Å². The first-order valence-electron chi connectivity index (χ1n) is 2.48. The van der Waals surface area contributed by atoms with Gasteiger partial charge in [0.1, 0.15) is 0 Å². The standard InChI is InChI=1S/C5H12O2.W/c1-3-5(4-6)7-2;/h5-6H,3-4H2,1-2H3;. The van der Waals surface area contributed by atoms with Crippen molar-refractivity contribution in [3.8, 4) is 0 Å². The molecule has 0 saturated carbocycles. The maximum Gasteiger partial charge on any atom is 0.0799 e. The van der Waals surface area contributed by atoms with Crippen LogP contribution in [0.2, 0.25) is 0 Å². The summed E-state index contributed by atoms with van der Waals surface area (Å²) >= 11 is 0. The van der Waals surface area contributed by atoms with E-state index in [9.17, 15) is 0 Å². The van der Waals surface area contributed by atoms with Gasteiger partial charge in [-0.15, -0.1) is 0 Å².